The number of aliphatic hydroxyl groups is 2. The zero-order valence-electron chi connectivity index (χ0n) is 7.08. The highest BCUT2D eigenvalue weighted by atomic mass is 31.1. The van der Waals surface area contributed by atoms with Crippen LogP contribution in [0, 0.1) is 0 Å². The van der Waals surface area contributed by atoms with E-state index in [0.717, 1.165) is 0 Å². The van der Waals surface area contributed by atoms with Crippen molar-refractivity contribution in [2.24, 2.45) is 0 Å². The van der Waals surface area contributed by atoms with Crippen molar-refractivity contribution in [2.45, 2.75) is 24.7 Å². The summed E-state index contributed by atoms with van der Waals surface area (Å²) in [5.74, 6) is 0. The van der Waals surface area contributed by atoms with Crippen LogP contribution in [0.1, 0.15) is 6.92 Å². The largest absolute Gasteiger partial charge is 0.694 e. The van der Waals surface area contributed by atoms with E-state index >= 15 is 0 Å². The van der Waals surface area contributed by atoms with E-state index < -0.39 is 26.1 Å². The van der Waals surface area contributed by atoms with E-state index in [1.54, 1.807) is 0 Å². The molecule has 0 radical (unpaired) electrons. The molecule has 0 saturated carbocycles. The lowest BCUT2D eigenvalue weighted by Crippen LogP contribution is -2.41. The predicted octanol–water partition coefficient (Wildman–Crippen LogP) is -0.837. The summed E-state index contributed by atoms with van der Waals surface area (Å²) in [5.41, 5.74) is -1.31. The molecular weight excluding hydrogens is 199 g/mol. The summed E-state index contributed by atoms with van der Waals surface area (Å²) in [7, 11) is -2.69. The number of ether oxygens (including phenoxy) is 1. The summed E-state index contributed by atoms with van der Waals surface area (Å²) >= 11 is 0. The van der Waals surface area contributed by atoms with Crippen LogP contribution in [0.3, 0.4) is 0 Å². The maximum absolute atomic E-state index is 10.2. The molecule has 76 valence electrons. The molecule has 1 saturated heterocycles. The normalized spacial score (nSPS) is 40.8. The van der Waals surface area contributed by atoms with Gasteiger partial charge in [-0.25, -0.2) is 0 Å². The summed E-state index contributed by atoms with van der Waals surface area (Å²) in [6, 6.07) is 0. The first-order valence-electron chi connectivity index (χ1n) is 3.74. The van der Waals surface area contributed by atoms with Gasteiger partial charge in [0.2, 0.25) is 0 Å². The van der Waals surface area contributed by atoms with Crippen LogP contribution in [0.15, 0.2) is 0 Å². The Kier molecular flexibility index (Phi) is 3.34. The SMILES string of the molecule is CC1(O)CO[C@H](CO[P+](=O)O)C1O. The molecule has 0 amide bonds. The third-order valence-corrected chi connectivity index (χ3v) is 2.30. The second kappa shape index (κ2) is 3.96. The van der Waals surface area contributed by atoms with E-state index in [4.69, 9.17) is 9.63 Å². The number of hydrogen-bond donors (Lipinski definition) is 3. The Morgan fingerprint density at radius 3 is 2.77 bits per heavy atom. The molecule has 1 fully saturated rings. The molecule has 0 bridgehead atoms. The molecule has 13 heavy (non-hydrogen) atoms. The van der Waals surface area contributed by atoms with Crippen LogP contribution in [0.5, 0.6) is 0 Å². The number of hydrogen-bond acceptors (Lipinski definition) is 5. The van der Waals surface area contributed by atoms with Gasteiger partial charge in [0.05, 0.1) is 6.61 Å². The highest BCUT2D eigenvalue weighted by Crippen LogP contribution is 2.26. The van der Waals surface area contributed by atoms with Gasteiger partial charge < -0.3 is 14.9 Å². The molecule has 4 atom stereocenters. The highest BCUT2D eigenvalue weighted by Gasteiger charge is 2.45. The summed E-state index contributed by atoms with van der Waals surface area (Å²) in [4.78, 5) is 8.32. The van der Waals surface area contributed by atoms with E-state index in [2.05, 4.69) is 4.52 Å². The molecule has 0 aromatic rings. The van der Waals surface area contributed by atoms with E-state index in [-0.39, 0.29) is 13.2 Å². The molecule has 0 spiro atoms. The van der Waals surface area contributed by atoms with Crippen molar-refractivity contribution in [3.05, 3.63) is 0 Å². The molecule has 3 unspecified atom stereocenters. The van der Waals surface area contributed by atoms with Crippen LogP contribution in [0.2, 0.25) is 0 Å². The van der Waals surface area contributed by atoms with Crippen LogP contribution in [0.25, 0.3) is 0 Å². The van der Waals surface area contributed by atoms with Gasteiger partial charge in [0.25, 0.3) is 0 Å². The summed E-state index contributed by atoms with van der Waals surface area (Å²) in [6.45, 7) is 1.21. The lowest BCUT2D eigenvalue weighted by Gasteiger charge is -2.19. The van der Waals surface area contributed by atoms with Crippen LogP contribution in [-0.4, -0.2) is 46.1 Å². The molecule has 0 aliphatic carbocycles. The van der Waals surface area contributed by atoms with Gasteiger partial charge in [-0.2, -0.15) is 0 Å². The summed E-state index contributed by atoms with van der Waals surface area (Å²) < 4.78 is 19.5. The second-order valence-electron chi connectivity index (χ2n) is 3.19. The number of aliphatic hydroxyl groups excluding tert-OH is 1. The topological polar surface area (TPSA) is 96.2 Å². The first kappa shape index (κ1) is 11.0. The molecule has 3 N–H and O–H groups in total. The monoisotopic (exact) mass is 211 g/mol. The van der Waals surface area contributed by atoms with Crippen molar-refractivity contribution in [3.8, 4) is 0 Å². The zero-order valence-corrected chi connectivity index (χ0v) is 7.98. The fourth-order valence-electron chi connectivity index (χ4n) is 1.13. The Labute approximate surface area is 76.0 Å². The molecule has 6 nitrogen and oxygen atoms in total. The van der Waals surface area contributed by atoms with Gasteiger partial charge in [0, 0.05) is 4.57 Å². The fourth-order valence-corrected chi connectivity index (χ4v) is 1.40. The summed E-state index contributed by atoms with van der Waals surface area (Å²) in [6.07, 6.45) is -1.84. The van der Waals surface area contributed by atoms with Crippen molar-refractivity contribution in [3.63, 3.8) is 0 Å². The lowest BCUT2D eigenvalue weighted by molar-refractivity contribution is -0.0417. The van der Waals surface area contributed by atoms with Crippen molar-refractivity contribution >= 4 is 8.25 Å². The molecule has 1 heterocycles. The van der Waals surface area contributed by atoms with Crippen LogP contribution in [0.4, 0.5) is 0 Å². The highest BCUT2D eigenvalue weighted by molar-refractivity contribution is 7.32. The molecule has 0 aromatic carbocycles. The quantitative estimate of drug-likeness (QED) is 0.527. The van der Waals surface area contributed by atoms with Crippen LogP contribution < -0.4 is 0 Å². The van der Waals surface area contributed by atoms with Gasteiger partial charge >= 0.3 is 8.25 Å². The Morgan fingerprint density at radius 1 is 1.77 bits per heavy atom. The molecule has 1 rings (SSSR count). The van der Waals surface area contributed by atoms with Gasteiger partial charge in [-0.15, -0.1) is 9.42 Å². The minimum absolute atomic E-state index is 0.00952. The van der Waals surface area contributed by atoms with Gasteiger partial charge in [-0.1, -0.05) is 0 Å². The standard InChI is InChI=1S/C6H11O6P/c1-6(8)3-11-4(5(6)7)2-12-13(9)10/h4-5,7-8H,2-3H2,1H3/p+1/t4-,5?,6?/m1/s1. The Hall–Kier alpha value is -0.100. The van der Waals surface area contributed by atoms with Gasteiger partial charge in [0.1, 0.15) is 24.4 Å². The minimum Gasteiger partial charge on any atom is -0.387 e. The van der Waals surface area contributed by atoms with Gasteiger partial charge in [0.15, 0.2) is 0 Å². The van der Waals surface area contributed by atoms with Crippen LogP contribution in [-0.2, 0) is 13.8 Å². The van der Waals surface area contributed by atoms with Gasteiger partial charge in [-0.3, -0.25) is 0 Å². The van der Waals surface area contributed by atoms with Crippen molar-refractivity contribution in [1.82, 2.24) is 0 Å². The Balaban J connectivity index is 2.42. The Bertz CT molecular complexity index is 205. The number of rotatable bonds is 3. The predicted molar refractivity (Wildman–Crippen MR) is 42.1 cm³/mol. The second-order valence-corrected chi connectivity index (χ2v) is 3.92. The van der Waals surface area contributed by atoms with Crippen LogP contribution >= 0.6 is 8.25 Å². The molecule has 7 heteroatoms. The van der Waals surface area contributed by atoms with Crippen molar-refractivity contribution < 1.29 is 28.9 Å². The molecule has 0 aromatic heterocycles. The summed E-state index contributed by atoms with van der Waals surface area (Å²) in [5, 5.41) is 18.8. The zero-order chi connectivity index (χ0) is 10.1. The lowest BCUT2D eigenvalue weighted by atomic mass is 10.00. The van der Waals surface area contributed by atoms with Gasteiger partial charge in [-0.05, 0) is 6.92 Å². The van der Waals surface area contributed by atoms with E-state index in [0.29, 0.717) is 0 Å². The maximum atomic E-state index is 10.2. The average molecular weight is 211 g/mol. The molecule has 1 aliphatic rings. The third-order valence-electron chi connectivity index (χ3n) is 1.93. The minimum atomic E-state index is -2.69. The first-order chi connectivity index (χ1) is 5.93. The van der Waals surface area contributed by atoms with E-state index in [1.807, 2.05) is 0 Å². The molecular formula is C6H12O6P+. The van der Waals surface area contributed by atoms with Crippen molar-refractivity contribution in [2.75, 3.05) is 13.2 Å². The smallest absolute Gasteiger partial charge is 0.387 e. The third kappa shape index (κ3) is 2.67. The molecule has 1 aliphatic heterocycles. The van der Waals surface area contributed by atoms with E-state index in [1.165, 1.54) is 6.92 Å². The average Bonchev–Trinajstić information content (AvgIpc) is 2.25. The Morgan fingerprint density at radius 2 is 2.38 bits per heavy atom. The van der Waals surface area contributed by atoms with Crippen molar-refractivity contribution in [1.29, 1.82) is 0 Å². The fraction of sp³-hybridized carbons (Fsp3) is 1.00. The first-order valence-corrected chi connectivity index (χ1v) is 4.87. The van der Waals surface area contributed by atoms with E-state index in [9.17, 15) is 14.8 Å². The maximum Gasteiger partial charge on any atom is 0.694 e.